The van der Waals surface area contributed by atoms with Crippen LogP contribution in [0.1, 0.15) is 5.56 Å². The van der Waals surface area contributed by atoms with Crippen LogP contribution in [0.15, 0.2) is 29.4 Å². The third-order valence-corrected chi connectivity index (χ3v) is 1.66. The number of oxime groups is 1. The summed E-state index contributed by atoms with van der Waals surface area (Å²) in [4.78, 5) is 9.83. The molecule has 15 heavy (non-hydrogen) atoms. The van der Waals surface area contributed by atoms with E-state index in [-0.39, 0.29) is 30.4 Å². The van der Waals surface area contributed by atoms with E-state index in [1.54, 1.807) is 12.1 Å². The molecule has 0 bridgehead atoms. The average Bonchev–Trinajstić information content (AvgIpc) is 2.18. The fraction of sp³-hybridized carbons (Fsp3) is 0.125. The standard InChI is InChI=1S/C8H9N3O3.ClH/c9-8(10-12)5-6-1-3-7(4-2-6)11(13)14;/h1-4,12H,5H2,(H2,9,10);1H. The van der Waals surface area contributed by atoms with Gasteiger partial charge < -0.3 is 10.9 Å². The number of nitrogens with two attached hydrogens (primary N) is 1. The third-order valence-electron chi connectivity index (χ3n) is 1.66. The van der Waals surface area contributed by atoms with E-state index in [0.29, 0.717) is 0 Å². The van der Waals surface area contributed by atoms with Crippen molar-refractivity contribution in [2.75, 3.05) is 0 Å². The van der Waals surface area contributed by atoms with Crippen molar-refractivity contribution in [2.45, 2.75) is 6.42 Å². The summed E-state index contributed by atoms with van der Waals surface area (Å²) in [5.41, 5.74) is 6.05. The minimum absolute atomic E-state index is 0. The van der Waals surface area contributed by atoms with E-state index in [0.717, 1.165) is 5.56 Å². The van der Waals surface area contributed by atoms with Crippen molar-refractivity contribution >= 4 is 23.9 Å². The monoisotopic (exact) mass is 231 g/mol. The number of nitro groups is 1. The minimum atomic E-state index is -0.479. The van der Waals surface area contributed by atoms with E-state index in [2.05, 4.69) is 5.16 Å². The van der Waals surface area contributed by atoms with E-state index in [9.17, 15) is 10.1 Å². The van der Waals surface area contributed by atoms with Crippen molar-refractivity contribution < 1.29 is 10.1 Å². The lowest BCUT2D eigenvalue weighted by Crippen LogP contribution is -2.14. The molecule has 0 spiro atoms. The van der Waals surface area contributed by atoms with Gasteiger partial charge in [0, 0.05) is 18.6 Å². The lowest BCUT2D eigenvalue weighted by molar-refractivity contribution is -0.384. The van der Waals surface area contributed by atoms with Gasteiger partial charge >= 0.3 is 0 Å². The number of rotatable bonds is 3. The summed E-state index contributed by atoms with van der Waals surface area (Å²) in [6.45, 7) is 0. The maximum absolute atomic E-state index is 10.3. The van der Waals surface area contributed by atoms with Gasteiger partial charge in [0.05, 0.1) is 4.92 Å². The Labute approximate surface area is 92.0 Å². The zero-order valence-electron chi connectivity index (χ0n) is 7.66. The molecule has 1 rings (SSSR count). The summed E-state index contributed by atoms with van der Waals surface area (Å²) in [5.74, 6) is 0.0684. The second-order valence-electron chi connectivity index (χ2n) is 2.69. The molecule has 0 radical (unpaired) electrons. The molecule has 0 unspecified atom stereocenters. The van der Waals surface area contributed by atoms with Crippen LogP contribution >= 0.6 is 12.4 Å². The van der Waals surface area contributed by atoms with Gasteiger partial charge in [0.15, 0.2) is 0 Å². The number of non-ortho nitro benzene ring substituents is 1. The van der Waals surface area contributed by atoms with Crippen LogP contribution in [0.25, 0.3) is 0 Å². The number of halogens is 1. The smallest absolute Gasteiger partial charge is 0.269 e. The van der Waals surface area contributed by atoms with Gasteiger partial charge in [-0.1, -0.05) is 17.3 Å². The van der Waals surface area contributed by atoms with Gasteiger partial charge in [-0.2, -0.15) is 0 Å². The zero-order valence-corrected chi connectivity index (χ0v) is 8.48. The highest BCUT2D eigenvalue weighted by molar-refractivity contribution is 5.85. The van der Waals surface area contributed by atoms with Crippen LogP contribution in [0.4, 0.5) is 5.69 Å². The van der Waals surface area contributed by atoms with E-state index in [1.165, 1.54) is 12.1 Å². The largest absolute Gasteiger partial charge is 0.409 e. The van der Waals surface area contributed by atoms with Gasteiger partial charge in [-0.25, -0.2) is 0 Å². The molecule has 0 aromatic heterocycles. The Morgan fingerprint density at radius 3 is 2.40 bits per heavy atom. The fourth-order valence-corrected chi connectivity index (χ4v) is 0.980. The van der Waals surface area contributed by atoms with Gasteiger partial charge in [-0.3, -0.25) is 10.1 Å². The van der Waals surface area contributed by atoms with Gasteiger partial charge in [0.1, 0.15) is 5.84 Å². The normalized spacial score (nSPS) is 10.5. The highest BCUT2D eigenvalue weighted by Crippen LogP contribution is 2.11. The quantitative estimate of drug-likeness (QED) is 0.269. The van der Waals surface area contributed by atoms with Crippen molar-refractivity contribution in [2.24, 2.45) is 10.9 Å². The molecule has 1 aromatic carbocycles. The highest BCUT2D eigenvalue weighted by Gasteiger charge is 2.04. The van der Waals surface area contributed by atoms with E-state index in [4.69, 9.17) is 10.9 Å². The predicted octanol–water partition coefficient (Wildman–Crippen LogP) is 1.31. The van der Waals surface area contributed by atoms with Crippen molar-refractivity contribution in [3.63, 3.8) is 0 Å². The second kappa shape index (κ2) is 5.82. The molecule has 0 fully saturated rings. The molecule has 0 saturated carbocycles. The van der Waals surface area contributed by atoms with Crippen LogP contribution in [0, 0.1) is 10.1 Å². The summed E-state index contributed by atoms with van der Waals surface area (Å²) in [7, 11) is 0. The van der Waals surface area contributed by atoms with Crippen molar-refractivity contribution in [3.05, 3.63) is 39.9 Å². The fourth-order valence-electron chi connectivity index (χ4n) is 0.980. The molecule has 0 aliphatic heterocycles. The lowest BCUT2D eigenvalue weighted by atomic mass is 10.1. The summed E-state index contributed by atoms with van der Waals surface area (Å²) in [5, 5.41) is 21.4. The Balaban J connectivity index is 0.00000196. The van der Waals surface area contributed by atoms with Crippen LogP contribution < -0.4 is 5.73 Å². The molecule has 3 N–H and O–H groups in total. The van der Waals surface area contributed by atoms with E-state index < -0.39 is 4.92 Å². The van der Waals surface area contributed by atoms with Crippen LogP contribution in [0.3, 0.4) is 0 Å². The third kappa shape index (κ3) is 3.82. The van der Waals surface area contributed by atoms with Crippen LogP contribution in [0.2, 0.25) is 0 Å². The molecule has 1 aromatic rings. The van der Waals surface area contributed by atoms with Gasteiger partial charge in [-0.15, -0.1) is 12.4 Å². The summed E-state index contributed by atoms with van der Waals surface area (Å²) in [6.07, 6.45) is 0.272. The average molecular weight is 232 g/mol. The maximum atomic E-state index is 10.3. The van der Waals surface area contributed by atoms with Crippen molar-refractivity contribution in [1.82, 2.24) is 0 Å². The van der Waals surface area contributed by atoms with Crippen molar-refractivity contribution in [1.29, 1.82) is 0 Å². The molecule has 0 heterocycles. The molecule has 0 amide bonds. The molecule has 0 atom stereocenters. The molecular formula is C8H10ClN3O3. The summed E-state index contributed by atoms with van der Waals surface area (Å²) in [6, 6.07) is 5.88. The predicted molar refractivity (Wildman–Crippen MR) is 57.5 cm³/mol. The molecule has 0 aliphatic carbocycles. The first kappa shape index (κ1) is 13.2. The minimum Gasteiger partial charge on any atom is -0.409 e. The first-order valence-corrected chi connectivity index (χ1v) is 3.83. The Kier molecular flexibility index (Phi) is 5.11. The molecule has 0 saturated heterocycles. The number of nitrogens with zero attached hydrogens (tertiary/aromatic N) is 2. The SMILES string of the molecule is Cl.NC(Cc1ccc([N+](=O)[O-])cc1)=NO. The summed E-state index contributed by atoms with van der Waals surface area (Å²) >= 11 is 0. The number of hydrogen-bond donors (Lipinski definition) is 2. The van der Waals surface area contributed by atoms with Crippen LogP contribution in [-0.2, 0) is 6.42 Å². The zero-order chi connectivity index (χ0) is 10.6. The molecule has 6 nitrogen and oxygen atoms in total. The lowest BCUT2D eigenvalue weighted by Gasteiger charge is -1.98. The van der Waals surface area contributed by atoms with Crippen LogP contribution in [-0.4, -0.2) is 16.0 Å². The topological polar surface area (TPSA) is 102 Å². The van der Waals surface area contributed by atoms with E-state index >= 15 is 0 Å². The van der Waals surface area contributed by atoms with E-state index in [1.807, 2.05) is 0 Å². The number of benzene rings is 1. The Morgan fingerprint density at radius 2 is 2.00 bits per heavy atom. The molecule has 7 heteroatoms. The number of amidine groups is 1. The Bertz CT molecular complexity index is 364. The molecular weight excluding hydrogens is 222 g/mol. The summed E-state index contributed by atoms with van der Waals surface area (Å²) < 4.78 is 0. The molecule has 0 aliphatic rings. The maximum Gasteiger partial charge on any atom is 0.269 e. The van der Waals surface area contributed by atoms with Crippen molar-refractivity contribution in [3.8, 4) is 0 Å². The van der Waals surface area contributed by atoms with Gasteiger partial charge in [-0.05, 0) is 5.56 Å². The van der Waals surface area contributed by atoms with Crippen LogP contribution in [0.5, 0.6) is 0 Å². The number of hydrogen-bond acceptors (Lipinski definition) is 4. The molecule has 82 valence electrons. The Morgan fingerprint density at radius 1 is 1.47 bits per heavy atom. The van der Waals surface area contributed by atoms with Gasteiger partial charge in [0.2, 0.25) is 0 Å². The number of nitro benzene ring substituents is 1. The second-order valence-corrected chi connectivity index (χ2v) is 2.69. The first-order chi connectivity index (χ1) is 6.63. The van der Waals surface area contributed by atoms with Gasteiger partial charge in [0.25, 0.3) is 5.69 Å². The highest BCUT2D eigenvalue weighted by atomic mass is 35.5. The first-order valence-electron chi connectivity index (χ1n) is 3.83. The Hall–Kier alpha value is -1.82.